The molecule has 1 aromatic carbocycles. The quantitative estimate of drug-likeness (QED) is 0.224. The van der Waals surface area contributed by atoms with Gasteiger partial charge in [0.15, 0.2) is 0 Å². The van der Waals surface area contributed by atoms with Crippen molar-refractivity contribution in [1.82, 2.24) is 4.34 Å². The van der Waals surface area contributed by atoms with Crippen molar-refractivity contribution in [3.05, 3.63) is 44.3 Å². The standard InChI is InChI=1S/C8H8BrN5O2/c9-11-4-3-6-1-2-7(12-13-10)5-8(6)14(15)16/h1-2,5,11H,3-4H2. The first-order valence-corrected chi connectivity index (χ1v) is 5.14. The van der Waals surface area contributed by atoms with Gasteiger partial charge in [-0.05, 0) is 12.0 Å². The van der Waals surface area contributed by atoms with Crippen molar-refractivity contribution < 1.29 is 4.92 Å². The molecular weight excluding hydrogens is 278 g/mol. The zero-order valence-corrected chi connectivity index (χ0v) is 9.72. The fourth-order valence-corrected chi connectivity index (χ4v) is 1.43. The van der Waals surface area contributed by atoms with Gasteiger partial charge in [-0.2, -0.15) is 0 Å². The Morgan fingerprint density at radius 1 is 1.62 bits per heavy atom. The Morgan fingerprint density at radius 3 is 2.94 bits per heavy atom. The Morgan fingerprint density at radius 2 is 2.38 bits per heavy atom. The van der Waals surface area contributed by atoms with Crippen LogP contribution in [0.2, 0.25) is 0 Å². The van der Waals surface area contributed by atoms with Gasteiger partial charge in [0.1, 0.15) is 0 Å². The van der Waals surface area contributed by atoms with E-state index in [-0.39, 0.29) is 11.4 Å². The molecule has 0 fully saturated rings. The number of nitro benzene ring substituents is 1. The maximum atomic E-state index is 10.8. The lowest BCUT2D eigenvalue weighted by atomic mass is 10.1. The number of benzene rings is 1. The Balaban J connectivity index is 3.08. The largest absolute Gasteiger partial charge is 0.273 e. The summed E-state index contributed by atoms with van der Waals surface area (Å²) in [6, 6.07) is 4.41. The molecule has 0 aliphatic carbocycles. The van der Waals surface area contributed by atoms with E-state index in [0.29, 0.717) is 18.5 Å². The average Bonchev–Trinajstić information content (AvgIpc) is 2.27. The molecular formula is C8H8BrN5O2. The van der Waals surface area contributed by atoms with E-state index in [9.17, 15) is 10.1 Å². The van der Waals surface area contributed by atoms with Crippen LogP contribution in [0.5, 0.6) is 0 Å². The van der Waals surface area contributed by atoms with Gasteiger partial charge in [0.05, 0.1) is 4.92 Å². The third-order valence-corrected chi connectivity index (χ3v) is 2.31. The number of nitrogens with one attached hydrogen (secondary N) is 1. The summed E-state index contributed by atoms with van der Waals surface area (Å²) in [7, 11) is 0. The number of nitro groups is 1. The van der Waals surface area contributed by atoms with Crippen LogP contribution in [0.25, 0.3) is 10.4 Å². The fourth-order valence-electron chi connectivity index (χ4n) is 1.23. The van der Waals surface area contributed by atoms with Gasteiger partial charge < -0.3 is 0 Å². The molecule has 1 N–H and O–H groups in total. The van der Waals surface area contributed by atoms with E-state index in [4.69, 9.17) is 5.53 Å². The van der Waals surface area contributed by atoms with Crippen molar-refractivity contribution in [2.75, 3.05) is 6.54 Å². The van der Waals surface area contributed by atoms with Crippen molar-refractivity contribution in [2.24, 2.45) is 5.11 Å². The Bertz CT molecular complexity index is 444. The molecule has 0 unspecified atom stereocenters. The molecule has 0 aliphatic rings. The maximum absolute atomic E-state index is 10.8. The molecule has 0 saturated carbocycles. The molecule has 16 heavy (non-hydrogen) atoms. The molecule has 0 aromatic heterocycles. The topological polar surface area (TPSA) is 104 Å². The van der Waals surface area contributed by atoms with Gasteiger partial charge in [0, 0.05) is 44.9 Å². The summed E-state index contributed by atoms with van der Waals surface area (Å²) in [5, 5.41) is 14.1. The molecule has 0 aliphatic heterocycles. The minimum absolute atomic E-state index is 0.0346. The second-order valence-corrected chi connectivity index (χ2v) is 3.45. The highest BCUT2D eigenvalue weighted by atomic mass is 79.9. The van der Waals surface area contributed by atoms with E-state index in [1.54, 1.807) is 12.1 Å². The van der Waals surface area contributed by atoms with Crippen LogP contribution in [0, 0.1) is 10.1 Å². The second kappa shape index (κ2) is 6.06. The Kier molecular flexibility index (Phi) is 4.71. The molecule has 0 spiro atoms. The highest BCUT2D eigenvalue weighted by molar-refractivity contribution is 9.08. The summed E-state index contributed by atoms with van der Waals surface area (Å²) >= 11 is 3.02. The number of hydrogen-bond donors (Lipinski definition) is 1. The summed E-state index contributed by atoms with van der Waals surface area (Å²) in [5.41, 5.74) is 9.03. The molecule has 0 radical (unpaired) electrons. The third kappa shape index (κ3) is 3.20. The highest BCUT2D eigenvalue weighted by Crippen LogP contribution is 2.25. The Hall–Kier alpha value is -1.63. The first kappa shape index (κ1) is 12.4. The van der Waals surface area contributed by atoms with Crippen LogP contribution in [0.3, 0.4) is 0 Å². The van der Waals surface area contributed by atoms with Crippen LogP contribution in [-0.4, -0.2) is 11.5 Å². The minimum Gasteiger partial charge on any atom is -0.258 e. The van der Waals surface area contributed by atoms with Crippen molar-refractivity contribution >= 4 is 27.5 Å². The normalized spacial score (nSPS) is 9.56. The van der Waals surface area contributed by atoms with Gasteiger partial charge in [-0.25, -0.2) is 0 Å². The van der Waals surface area contributed by atoms with Crippen molar-refractivity contribution in [3.63, 3.8) is 0 Å². The summed E-state index contributed by atoms with van der Waals surface area (Å²) in [4.78, 5) is 12.9. The van der Waals surface area contributed by atoms with Gasteiger partial charge in [0.25, 0.3) is 5.69 Å². The third-order valence-electron chi connectivity index (χ3n) is 1.91. The van der Waals surface area contributed by atoms with Crippen LogP contribution >= 0.6 is 16.1 Å². The van der Waals surface area contributed by atoms with E-state index < -0.39 is 4.92 Å². The second-order valence-electron chi connectivity index (χ2n) is 2.89. The smallest absolute Gasteiger partial charge is 0.258 e. The maximum Gasteiger partial charge on any atom is 0.273 e. The van der Waals surface area contributed by atoms with Crippen LogP contribution < -0.4 is 4.34 Å². The van der Waals surface area contributed by atoms with Crippen LogP contribution in [-0.2, 0) is 6.42 Å². The van der Waals surface area contributed by atoms with Gasteiger partial charge in [-0.1, -0.05) is 17.2 Å². The molecule has 8 heteroatoms. The van der Waals surface area contributed by atoms with Crippen LogP contribution in [0.15, 0.2) is 23.3 Å². The molecule has 0 atom stereocenters. The highest BCUT2D eigenvalue weighted by Gasteiger charge is 2.13. The van der Waals surface area contributed by atoms with Crippen molar-refractivity contribution in [1.29, 1.82) is 0 Å². The number of rotatable bonds is 5. The molecule has 84 valence electrons. The van der Waals surface area contributed by atoms with Gasteiger partial charge in [-0.3, -0.25) is 14.5 Å². The van der Waals surface area contributed by atoms with Crippen molar-refractivity contribution in [2.45, 2.75) is 6.42 Å². The average molecular weight is 286 g/mol. The predicted molar refractivity (Wildman–Crippen MR) is 62.5 cm³/mol. The monoisotopic (exact) mass is 285 g/mol. The molecule has 0 saturated heterocycles. The fraction of sp³-hybridized carbons (Fsp3) is 0.250. The summed E-state index contributed by atoms with van der Waals surface area (Å²) in [6.07, 6.45) is 0.512. The molecule has 1 rings (SSSR count). The SMILES string of the molecule is [N-]=[N+]=Nc1ccc(CCNBr)c([N+](=O)[O-])c1. The summed E-state index contributed by atoms with van der Waals surface area (Å²) in [5.74, 6) is 0. The first-order valence-electron chi connectivity index (χ1n) is 4.35. The number of nitrogens with zero attached hydrogens (tertiary/aromatic N) is 4. The zero-order valence-electron chi connectivity index (χ0n) is 8.13. The van der Waals surface area contributed by atoms with Crippen LogP contribution in [0.4, 0.5) is 11.4 Å². The van der Waals surface area contributed by atoms with E-state index >= 15 is 0 Å². The molecule has 7 nitrogen and oxygen atoms in total. The van der Waals surface area contributed by atoms with Gasteiger partial charge in [-0.15, -0.1) is 0 Å². The van der Waals surface area contributed by atoms with E-state index in [1.807, 2.05) is 0 Å². The summed E-state index contributed by atoms with van der Waals surface area (Å²) in [6.45, 7) is 0.571. The lowest BCUT2D eigenvalue weighted by Crippen LogP contribution is -2.05. The van der Waals surface area contributed by atoms with Gasteiger partial charge in [0.2, 0.25) is 0 Å². The molecule has 0 heterocycles. The van der Waals surface area contributed by atoms with Gasteiger partial charge >= 0.3 is 0 Å². The molecule has 0 bridgehead atoms. The number of hydrogen-bond acceptors (Lipinski definition) is 4. The summed E-state index contributed by atoms with van der Waals surface area (Å²) < 4.78 is 2.73. The number of halogens is 1. The zero-order chi connectivity index (χ0) is 12.0. The Labute approximate surface area is 99.6 Å². The molecule has 1 aromatic rings. The van der Waals surface area contributed by atoms with E-state index in [0.717, 1.165) is 0 Å². The van der Waals surface area contributed by atoms with Crippen molar-refractivity contribution in [3.8, 4) is 0 Å². The number of azide groups is 1. The molecule has 0 amide bonds. The lowest BCUT2D eigenvalue weighted by molar-refractivity contribution is -0.385. The van der Waals surface area contributed by atoms with E-state index in [1.165, 1.54) is 6.07 Å². The van der Waals surface area contributed by atoms with Crippen LogP contribution in [0.1, 0.15) is 5.56 Å². The van der Waals surface area contributed by atoms with E-state index in [2.05, 4.69) is 30.5 Å². The first-order chi connectivity index (χ1) is 7.69. The minimum atomic E-state index is -0.486. The predicted octanol–water partition coefficient (Wildman–Crippen LogP) is 2.98. The lowest BCUT2D eigenvalue weighted by Gasteiger charge is -2.02.